The fourth-order valence-corrected chi connectivity index (χ4v) is 3.69. The van der Waals surface area contributed by atoms with Crippen LogP contribution in [0.15, 0.2) is 41.3 Å². The summed E-state index contributed by atoms with van der Waals surface area (Å²) in [5.41, 5.74) is 3.97. The van der Waals surface area contributed by atoms with Gasteiger partial charge in [-0.3, -0.25) is 9.00 Å². The van der Waals surface area contributed by atoms with Crippen molar-refractivity contribution in [3.63, 3.8) is 0 Å². The van der Waals surface area contributed by atoms with Gasteiger partial charge in [-0.05, 0) is 44.0 Å². The summed E-state index contributed by atoms with van der Waals surface area (Å²) < 4.78 is 17.2. The summed E-state index contributed by atoms with van der Waals surface area (Å²) in [6.45, 7) is 7.19. The Hall–Kier alpha value is -2.47. The number of anilines is 1. The third kappa shape index (κ3) is 4.79. The number of hydrogen-bond acceptors (Lipinski definition) is 4. The molecule has 0 saturated heterocycles. The molecule has 0 aromatic heterocycles. The smallest absolute Gasteiger partial charge is 0.339 e. The van der Waals surface area contributed by atoms with Crippen LogP contribution in [0.1, 0.15) is 34.0 Å². The molecule has 0 fully saturated rings. The predicted octanol–water partition coefficient (Wildman–Crippen LogP) is 3.53. The summed E-state index contributed by atoms with van der Waals surface area (Å²) in [5, 5.41) is 2.78. The van der Waals surface area contributed by atoms with Gasteiger partial charge in [0.1, 0.15) is 0 Å². The maximum Gasteiger partial charge on any atom is 0.339 e. The highest BCUT2D eigenvalue weighted by Gasteiger charge is 2.17. The molecule has 5 nitrogen and oxygen atoms in total. The molecule has 0 radical (unpaired) electrons. The van der Waals surface area contributed by atoms with Crippen molar-refractivity contribution in [1.29, 1.82) is 0 Å². The van der Waals surface area contributed by atoms with Gasteiger partial charge < -0.3 is 10.1 Å². The second-order valence-electron chi connectivity index (χ2n) is 6.03. The fraction of sp³-hybridized carbons (Fsp3) is 0.300. The van der Waals surface area contributed by atoms with Gasteiger partial charge in [0.05, 0.1) is 21.3 Å². The average Bonchev–Trinajstić information content (AvgIpc) is 2.62. The highest BCUT2D eigenvalue weighted by atomic mass is 32.2. The van der Waals surface area contributed by atoms with Crippen LogP contribution in [0.2, 0.25) is 0 Å². The zero-order valence-electron chi connectivity index (χ0n) is 15.4. The van der Waals surface area contributed by atoms with Gasteiger partial charge in [-0.2, -0.15) is 0 Å². The van der Waals surface area contributed by atoms with Crippen molar-refractivity contribution in [3.8, 4) is 0 Å². The summed E-state index contributed by atoms with van der Waals surface area (Å²) in [6, 6.07) is 10.5. The number of benzene rings is 2. The van der Waals surface area contributed by atoms with Gasteiger partial charge in [0.2, 0.25) is 0 Å². The molecule has 0 aliphatic rings. The van der Waals surface area contributed by atoms with Crippen molar-refractivity contribution in [2.24, 2.45) is 0 Å². The zero-order valence-corrected chi connectivity index (χ0v) is 16.2. The van der Waals surface area contributed by atoms with E-state index in [2.05, 4.69) is 5.32 Å². The molecule has 6 heteroatoms. The normalized spacial score (nSPS) is 11.7. The van der Waals surface area contributed by atoms with E-state index in [1.54, 1.807) is 31.2 Å². The highest BCUT2D eigenvalue weighted by molar-refractivity contribution is 7.85. The van der Waals surface area contributed by atoms with E-state index in [4.69, 9.17) is 4.74 Å². The molecule has 2 aromatic rings. The van der Waals surface area contributed by atoms with Gasteiger partial charge in [-0.1, -0.05) is 36.8 Å². The minimum Gasteiger partial charge on any atom is -0.452 e. The van der Waals surface area contributed by atoms with Crippen LogP contribution in [-0.2, 0) is 20.3 Å². The summed E-state index contributed by atoms with van der Waals surface area (Å²) in [6.07, 6.45) is 0. The van der Waals surface area contributed by atoms with E-state index in [-0.39, 0.29) is 5.56 Å². The molecule has 0 heterocycles. The van der Waals surface area contributed by atoms with Crippen LogP contribution in [-0.4, -0.2) is 28.4 Å². The highest BCUT2D eigenvalue weighted by Crippen LogP contribution is 2.22. The quantitative estimate of drug-likeness (QED) is 0.786. The number of esters is 1. The molecular weight excluding hydrogens is 350 g/mol. The maximum absolute atomic E-state index is 12.3. The Kier molecular flexibility index (Phi) is 6.69. The molecule has 26 heavy (non-hydrogen) atoms. The molecule has 1 atom stereocenters. The summed E-state index contributed by atoms with van der Waals surface area (Å²) in [5.74, 6) is -0.672. The van der Waals surface area contributed by atoms with E-state index < -0.39 is 29.3 Å². The first kappa shape index (κ1) is 19.8. The number of ether oxygens (including phenoxy) is 1. The Labute approximate surface area is 156 Å². The fourth-order valence-electron chi connectivity index (χ4n) is 2.75. The number of amides is 1. The van der Waals surface area contributed by atoms with Gasteiger partial charge in [-0.25, -0.2) is 4.79 Å². The van der Waals surface area contributed by atoms with Crippen molar-refractivity contribution in [1.82, 2.24) is 0 Å². The maximum atomic E-state index is 12.3. The molecule has 2 rings (SSSR count). The van der Waals surface area contributed by atoms with E-state index in [1.807, 2.05) is 32.9 Å². The number of carbonyl (C=O) groups is 2. The van der Waals surface area contributed by atoms with Gasteiger partial charge in [-0.15, -0.1) is 0 Å². The molecule has 0 saturated carbocycles. The standard InChI is InChI=1S/C20H23NO4S/c1-5-26(24)17-9-7-6-8-16(17)20(23)25-12-18(22)21-19-14(3)10-13(2)11-15(19)4/h6-11H,5,12H2,1-4H3,(H,21,22)/t26-/m1/s1. The van der Waals surface area contributed by atoms with Gasteiger partial charge >= 0.3 is 5.97 Å². The van der Waals surface area contributed by atoms with Gasteiger partial charge in [0.25, 0.3) is 5.91 Å². The Morgan fingerprint density at radius 1 is 1.08 bits per heavy atom. The molecule has 138 valence electrons. The second-order valence-corrected chi connectivity index (χ2v) is 7.74. The Morgan fingerprint density at radius 3 is 2.31 bits per heavy atom. The molecule has 0 aliphatic heterocycles. The number of rotatable bonds is 6. The van der Waals surface area contributed by atoms with E-state index in [0.29, 0.717) is 10.6 Å². The minimum absolute atomic E-state index is 0.225. The SMILES string of the molecule is CC[S@@](=O)c1ccccc1C(=O)OCC(=O)Nc1c(C)cc(C)cc1C. The van der Waals surface area contributed by atoms with Crippen molar-refractivity contribution in [2.45, 2.75) is 32.6 Å². The lowest BCUT2D eigenvalue weighted by Gasteiger charge is -2.13. The average molecular weight is 373 g/mol. The predicted molar refractivity (Wildman–Crippen MR) is 103 cm³/mol. The first-order valence-electron chi connectivity index (χ1n) is 8.35. The summed E-state index contributed by atoms with van der Waals surface area (Å²) >= 11 is 0. The molecule has 2 aromatic carbocycles. The van der Waals surface area contributed by atoms with Crippen molar-refractivity contribution in [2.75, 3.05) is 17.7 Å². The van der Waals surface area contributed by atoms with Crippen LogP contribution in [0.3, 0.4) is 0 Å². The first-order chi connectivity index (χ1) is 12.3. The van der Waals surface area contributed by atoms with Gasteiger partial charge in [0.15, 0.2) is 6.61 Å². The Bertz CT molecular complexity index is 838. The van der Waals surface area contributed by atoms with Crippen LogP contribution in [0.4, 0.5) is 5.69 Å². The van der Waals surface area contributed by atoms with Crippen molar-refractivity contribution in [3.05, 3.63) is 58.7 Å². The lowest BCUT2D eigenvalue weighted by Crippen LogP contribution is -2.22. The second kappa shape index (κ2) is 8.76. The van der Waals surface area contributed by atoms with E-state index in [1.165, 1.54) is 0 Å². The topological polar surface area (TPSA) is 72.5 Å². The minimum atomic E-state index is -1.28. The summed E-state index contributed by atoms with van der Waals surface area (Å²) in [7, 11) is -1.28. The van der Waals surface area contributed by atoms with E-state index >= 15 is 0 Å². The first-order valence-corrected chi connectivity index (χ1v) is 9.67. The lowest BCUT2D eigenvalue weighted by molar-refractivity contribution is -0.119. The lowest BCUT2D eigenvalue weighted by atomic mass is 10.1. The molecule has 1 amide bonds. The largest absolute Gasteiger partial charge is 0.452 e. The Balaban J connectivity index is 2.05. The van der Waals surface area contributed by atoms with Crippen molar-refractivity contribution < 1.29 is 18.5 Å². The molecular formula is C20H23NO4S. The van der Waals surface area contributed by atoms with Crippen LogP contribution in [0.25, 0.3) is 0 Å². The summed E-state index contributed by atoms with van der Waals surface area (Å²) in [4.78, 5) is 24.9. The monoisotopic (exact) mass is 373 g/mol. The van der Waals surface area contributed by atoms with Crippen LogP contribution in [0.5, 0.6) is 0 Å². The zero-order chi connectivity index (χ0) is 19.3. The van der Waals surface area contributed by atoms with Crippen molar-refractivity contribution >= 4 is 28.4 Å². The Morgan fingerprint density at radius 2 is 1.69 bits per heavy atom. The van der Waals surface area contributed by atoms with Crippen LogP contribution < -0.4 is 5.32 Å². The van der Waals surface area contributed by atoms with Crippen LogP contribution in [0, 0.1) is 20.8 Å². The molecule has 0 unspecified atom stereocenters. The third-order valence-corrected chi connectivity index (χ3v) is 5.26. The van der Waals surface area contributed by atoms with Gasteiger partial charge in [0, 0.05) is 11.4 Å². The van der Waals surface area contributed by atoms with Crippen LogP contribution >= 0.6 is 0 Å². The molecule has 1 N–H and O–H groups in total. The number of aryl methyl sites for hydroxylation is 3. The number of nitrogens with one attached hydrogen (secondary N) is 1. The molecule has 0 aliphatic carbocycles. The third-order valence-electron chi connectivity index (χ3n) is 3.89. The molecule has 0 bridgehead atoms. The molecule has 0 spiro atoms. The number of hydrogen-bond donors (Lipinski definition) is 1. The van der Waals surface area contributed by atoms with E-state index in [0.717, 1.165) is 22.4 Å². The van der Waals surface area contributed by atoms with E-state index in [9.17, 15) is 13.8 Å². The number of carbonyl (C=O) groups excluding carboxylic acids is 2.